The van der Waals surface area contributed by atoms with E-state index in [0.29, 0.717) is 11.3 Å². The molecule has 4 nitrogen and oxygen atoms in total. The van der Waals surface area contributed by atoms with Crippen LogP contribution in [0.2, 0.25) is 0 Å². The van der Waals surface area contributed by atoms with Gasteiger partial charge < -0.3 is 11.5 Å². The highest BCUT2D eigenvalue weighted by molar-refractivity contribution is 7.99. The van der Waals surface area contributed by atoms with Gasteiger partial charge in [0, 0.05) is 0 Å². The molecule has 14 heavy (non-hydrogen) atoms. The summed E-state index contributed by atoms with van der Waals surface area (Å²) in [6, 6.07) is 1.64. The zero-order valence-electron chi connectivity index (χ0n) is 7.99. The number of carbonyl (C=O) groups is 1. The number of nitrogens with two attached hydrogens (primary N) is 2. The van der Waals surface area contributed by atoms with Crippen molar-refractivity contribution >= 4 is 23.4 Å². The van der Waals surface area contributed by atoms with Gasteiger partial charge in [0.25, 0.3) is 5.91 Å². The second-order valence-corrected chi connectivity index (χ2v) is 3.94. The van der Waals surface area contributed by atoms with E-state index in [-0.39, 0.29) is 0 Å². The molecule has 1 amide bonds. The minimum absolute atomic E-state index is 0.332. The van der Waals surface area contributed by atoms with Gasteiger partial charge >= 0.3 is 0 Å². The second-order valence-electron chi connectivity index (χ2n) is 2.82. The fraction of sp³-hybridized carbons (Fsp3) is 0.333. The highest BCUT2D eigenvalue weighted by Gasteiger charge is 2.07. The Morgan fingerprint density at radius 1 is 1.64 bits per heavy atom. The Morgan fingerprint density at radius 2 is 2.36 bits per heavy atom. The largest absolute Gasteiger partial charge is 0.397 e. The molecule has 0 aliphatic carbocycles. The van der Waals surface area contributed by atoms with Gasteiger partial charge in [-0.1, -0.05) is 6.92 Å². The minimum atomic E-state index is -0.511. The van der Waals surface area contributed by atoms with Gasteiger partial charge in [0.2, 0.25) is 0 Å². The summed E-state index contributed by atoms with van der Waals surface area (Å²) >= 11 is 1.59. The average Bonchev–Trinajstić information content (AvgIpc) is 2.16. The monoisotopic (exact) mass is 211 g/mol. The molecule has 1 aromatic rings. The molecule has 0 unspecified atom stereocenters. The number of primary amides is 1. The van der Waals surface area contributed by atoms with Crippen LogP contribution in [-0.4, -0.2) is 16.6 Å². The number of carbonyl (C=O) groups excluding carboxylic acids is 1. The van der Waals surface area contributed by atoms with Gasteiger partial charge in [-0.3, -0.25) is 4.79 Å². The number of anilines is 1. The van der Waals surface area contributed by atoms with Crippen LogP contribution in [0.4, 0.5) is 5.69 Å². The Balaban J connectivity index is 2.89. The molecule has 5 heteroatoms. The van der Waals surface area contributed by atoms with Crippen LogP contribution in [0.5, 0.6) is 0 Å². The van der Waals surface area contributed by atoms with Gasteiger partial charge in [-0.05, 0) is 18.2 Å². The average molecular weight is 211 g/mol. The first kappa shape index (κ1) is 10.8. The van der Waals surface area contributed by atoms with Crippen LogP contribution < -0.4 is 11.5 Å². The van der Waals surface area contributed by atoms with E-state index in [4.69, 9.17) is 11.5 Å². The molecule has 4 N–H and O–H groups in total. The van der Waals surface area contributed by atoms with Crippen molar-refractivity contribution < 1.29 is 4.79 Å². The van der Waals surface area contributed by atoms with E-state index in [1.165, 1.54) is 6.20 Å². The van der Waals surface area contributed by atoms with Crippen molar-refractivity contribution in [2.24, 2.45) is 5.73 Å². The van der Waals surface area contributed by atoms with E-state index in [1.54, 1.807) is 17.8 Å². The Labute approximate surface area is 87.1 Å². The van der Waals surface area contributed by atoms with E-state index in [0.717, 1.165) is 17.2 Å². The summed E-state index contributed by atoms with van der Waals surface area (Å²) in [4.78, 5) is 15.0. The number of amides is 1. The lowest BCUT2D eigenvalue weighted by Gasteiger charge is -2.03. The zero-order chi connectivity index (χ0) is 10.6. The number of thioether (sulfide) groups is 1. The highest BCUT2D eigenvalue weighted by atomic mass is 32.2. The molecule has 0 saturated carbocycles. The summed E-state index contributed by atoms with van der Waals surface area (Å²) in [5, 5.41) is 0.787. The van der Waals surface area contributed by atoms with E-state index in [9.17, 15) is 4.79 Å². The maximum absolute atomic E-state index is 11.0. The quantitative estimate of drug-likeness (QED) is 0.735. The van der Waals surface area contributed by atoms with Crippen molar-refractivity contribution in [3.05, 3.63) is 17.8 Å². The molecule has 0 saturated heterocycles. The maximum atomic E-state index is 11.0. The van der Waals surface area contributed by atoms with Crippen LogP contribution in [0.3, 0.4) is 0 Å². The molecule has 0 bridgehead atoms. The van der Waals surface area contributed by atoms with Crippen molar-refractivity contribution in [2.75, 3.05) is 11.5 Å². The highest BCUT2D eigenvalue weighted by Crippen LogP contribution is 2.20. The van der Waals surface area contributed by atoms with E-state index in [1.807, 2.05) is 0 Å². The van der Waals surface area contributed by atoms with Crippen LogP contribution in [-0.2, 0) is 0 Å². The topological polar surface area (TPSA) is 82.0 Å². The SMILES string of the molecule is CCCSc1cc(C(N)=O)c(N)cn1. The molecule has 0 atom stereocenters. The van der Waals surface area contributed by atoms with Crippen LogP contribution in [0, 0.1) is 0 Å². The fourth-order valence-electron chi connectivity index (χ4n) is 0.946. The summed E-state index contributed by atoms with van der Waals surface area (Å²) < 4.78 is 0. The normalized spacial score (nSPS) is 10.1. The molecule has 1 heterocycles. The number of hydrogen-bond acceptors (Lipinski definition) is 4. The van der Waals surface area contributed by atoms with Gasteiger partial charge in [-0.25, -0.2) is 4.98 Å². The number of pyridine rings is 1. The molecule has 76 valence electrons. The summed E-state index contributed by atoms with van der Waals surface area (Å²) in [5.74, 6) is 0.456. The molecule has 1 aromatic heterocycles. The predicted molar refractivity (Wildman–Crippen MR) is 58.2 cm³/mol. The second kappa shape index (κ2) is 4.85. The van der Waals surface area contributed by atoms with Crippen LogP contribution in [0.1, 0.15) is 23.7 Å². The smallest absolute Gasteiger partial charge is 0.250 e. The number of aromatic nitrogens is 1. The first-order valence-corrected chi connectivity index (χ1v) is 5.31. The molecule has 0 aromatic carbocycles. The van der Waals surface area contributed by atoms with Crippen molar-refractivity contribution in [3.63, 3.8) is 0 Å². The maximum Gasteiger partial charge on any atom is 0.250 e. The Morgan fingerprint density at radius 3 is 2.93 bits per heavy atom. The van der Waals surface area contributed by atoms with Gasteiger partial charge in [-0.15, -0.1) is 11.8 Å². The summed E-state index contributed by atoms with van der Waals surface area (Å²) in [7, 11) is 0. The Hall–Kier alpha value is -1.23. The van der Waals surface area contributed by atoms with E-state index < -0.39 is 5.91 Å². The van der Waals surface area contributed by atoms with Gasteiger partial charge in [0.15, 0.2) is 0 Å². The summed E-state index contributed by atoms with van der Waals surface area (Å²) in [6.07, 6.45) is 2.53. The molecule has 0 aliphatic rings. The molecule has 0 radical (unpaired) electrons. The van der Waals surface area contributed by atoms with Crippen molar-refractivity contribution in [1.82, 2.24) is 4.98 Å². The molecular weight excluding hydrogens is 198 g/mol. The molecular formula is C9H13N3OS. The predicted octanol–water partition coefficient (Wildman–Crippen LogP) is 1.26. The van der Waals surface area contributed by atoms with Crippen molar-refractivity contribution in [2.45, 2.75) is 18.4 Å². The number of nitrogens with zero attached hydrogens (tertiary/aromatic N) is 1. The van der Waals surface area contributed by atoms with Crippen LogP contribution in [0.25, 0.3) is 0 Å². The van der Waals surface area contributed by atoms with Crippen molar-refractivity contribution in [3.8, 4) is 0 Å². The Bertz CT molecular complexity index is 341. The van der Waals surface area contributed by atoms with E-state index in [2.05, 4.69) is 11.9 Å². The van der Waals surface area contributed by atoms with Gasteiger partial charge in [0.05, 0.1) is 22.5 Å². The van der Waals surface area contributed by atoms with Crippen LogP contribution >= 0.6 is 11.8 Å². The third kappa shape index (κ3) is 2.63. The number of nitrogen functional groups attached to an aromatic ring is 1. The van der Waals surface area contributed by atoms with E-state index >= 15 is 0 Å². The Kier molecular flexibility index (Phi) is 3.76. The number of hydrogen-bond donors (Lipinski definition) is 2. The fourth-order valence-corrected chi connectivity index (χ4v) is 1.69. The standard InChI is InChI=1S/C9H13N3OS/c1-2-3-14-8-4-6(9(11)13)7(10)5-12-8/h4-5H,2-3,10H2,1H3,(H2,11,13). The zero-order valence-corrected chi connectivity index (χ0v) is 8.80. The lowest BCUT2D eigenvalue weighted by molar-refractivity contribution is 0.100. The van der Waals surface area contributed by atoms with Gasteiger partial charge in [-0.2, -0.15) is 0 Å². The van der Waals surface area contributed by atoms with Gasteiger partial charge in [0.1, 0.15) is 0 Å². The van der Waals surface area contributed by atoms with Crippen LogP contribution in [0.15, 0.2) is 17.3 Å². The van der Waals surface area contributed by atoms with Crippen molar-refractivity contribution in [1.29, 1.82) is 0 Å². The molecule has 0 fully saturated rings. The third-order valence-electron chi connectivity index (χ3n) is 1.63. The molecule has 0 aliphatic heterocycles. The number of rotatable bonds is 4. The summed E-state index contributed by atoms with van der Waals surface area (Å²) in [5.41, 5.74) is 11.4. The minimum Gasteiger partial charge on any atom is -0.397 e. The first-order valence-electron chi connectivity index (χ1n) is 4.33. The molecule has 0 spiro atoms. The molecule has 1 rings (SSSR count). The third-order valence-corrected chi connectivity index (χ3v) is 2.76. The first-order chi connectivity index (χ1) is 6.65. The summed E-state index contributed by atoms with van der Waals surface area (Å²) in [6.45, 7) is 2.08. The lowest BCUT2D eigenvalue weighted by Crippen LogP contribution is -2.13. The lowest BCUT2D eigenvalue weighted by atomic mass is 10.2.